The lowest BCUT2D eigenvalue weighted by Crippen LogP contribution is -2.28. The van der Waals surface area contributed by atoms with Crippen LogP contribution in [-0.4, -0.2) is 32.2 Å². The molecular formula is C16H16ClNO4S. The minimum absolute atomic E-state index is 0.00354. The fraction of sp³-hybridized carbons (Fsp3) is 0.188. The van der Waals surface area contributed by atoms with Crippen molar-refractivity contribution in [2.45, 2.75) is 11.0 Å². The van der Waals surface area contributed by atoms with Gasteiger partial charge in [0.05, 0.1) is 11.0 Å². The third kappa shape index (κ3) is 4.79. The van der Waals surface area contributed by atoms with Crippen molar-refractivity contribution in [1.82, 2.24) is 5.32 Å². The highest BCUT2D eigenvalue weighted by molar-refractivity contribution is 7.90. The molecule has 0 aliphatic heterocycles. The Morgan fingerprint density at radius 3 is 2.48 bits per heavy atom. The molecule has 1 atom stereocenters. The van der Waals surface area contributed by atoms with Gasteiger partial charge in [-0.25, -0.2) is 8.42 Å². The third-order valence-electron chi connectivity index (χ3n) is 3.24. The molecule has 1 unspecified atom stereocenters. The van der Waals surface area contributed by atoms with Crippen LogP contribution in [0.15, 0.2) is 53.4 Å². The van der Waals surface area contributed by atoms with Crippen LogP contribution in [0.1, 0.15) is 22.0 Å². The standard InChI is InChI=1S/C16H16ClNO4S/c1-23(21,22)14-4-2-3-12(9-14)16(20)18-10-15(19)11-5-7-13(17)8-6-11/h2-9,15,19H,10H2,1H3,(H,18,20). The summed E-state index contributed by atoms with van der Waals surface area (Å²) >= 11 is 5.78. The van der Waals surface area contributed by atoms with E-state index in [-0.39, 0.29) is 17.0 Å². The monoisotopic (exact) mass is 353 g/mol. The molecule has 0 saturated carbocycles. The van der Waals surface area contributed by atoms with E-state index in [4.69, 9.17) is 11.6 Å². The predicted octanol–water partition coefficient (Wildman–Crippen LogP) is 2.21. The number of benzene rings is 2. The number of rotatable bonds is 5. The SMILES string of the molecule is CS(=O)(=O)c1cccc(C(=O)NCC(O)c2ccc(Cl)cc2)c1. The van der Waals surface area contributed by atoms with Crippen molar-refractivity contribution < 1.29 is 18.3 Å². The van der Waals surface area contributed by atoms with E-state index in [0.29, 0.717) is 10.6 Å². The van der Waals surface area contributed by atoms with Crippen LogP contribution in [0.5, 0.6) is 0 Å². The zero-order chi connectivity index (χ0) is 17.0. The van der Waals surface area contributed by atoms with Crippen LogP contribution >= 0.6 is 11.6 Å². The smallest absolute Gasteiger partial charge is 0.251 e. The first-order valence-corrected chi connectivity index (χ1v) is 9.06. The van der Waals surface area contributed by atoms with Gasteiger partial charge in [-0.3, -0.25) is 4.79 Å². The molecule has 0 fully saturated rings. The average molecular weight is 354 g/mol. The van der Waals surface area contributed by atoms with E-state index < -0.39 is 21.8 Å². The van der Waals surface area contributed by atoms with E-state index in [0.717, 1.165) is 6.26 Å². The molecule has 2 rings (SSSR count). The minimum Gasteiger partial charge on any atom is -0.387 e. The molecule has 5 nitrogen and oxygen atoms in total. The van der Waals surface area contributed by atoms with Crippen molar-refractivity contribution in [2.24, 2.45) is 0 Å². The number of hydrogen-bond acceptors (Lipinski definition) is 4. The van der Waals surface area contributed by atoms with Crippen molar-refractivity contribution in [2.75, 3.05) is 12.8 Å². The molecule has 2 N–H and O–H groups in total. The first kappa shape index (κ1) is 17.5. The fourth-order valence-electron chi connectivity index (χ4n) is 1.96. The summed E-state index contributed by atoms with van der Waals surface area (Å²) in [6.07, 6.45) is 0.197. The van der Waals surface area contributed by atoms with Crippen LogP contribution in [0.2, 0.25) is 5.02 Å². The van der Waals surface area contributed by atoms with Crippen LogP contribution in [0.3, 0.4) is 0 Å². The lowest BCUT2D eigenvalue weighted by Gasteiger charge is -2.12. The molecular weight excluding hydrogens is 338 g/mol. The van der Waals surface area contributed by atoms with Gasteiger partial charge in [0.25, 0.3) is 5.91 Å². The van der Waals surface area contributed by atoms with E-state index in [9.17, 15) is 18.3 Å². The Kier molecular flexibility index (Phi) is 5.41. The summed E-state index contributed by atoms with van der Waals surface area (Å²) < 4.78 is 23.0. The van der Waals surface area contributed by atoms with Gasteiger partial charge in [0.2, 0.25) is 0 Å². The molecule has 1 amide bonds. The Hall–Kier alpha value is -1.89. The second-order valence-electron chi connectivity index (χ2n) is 5.08. The van der Waals surface area contributed by atoms with Gasteiger partial charge in [-0.15, -0.1) is 0 Å². The molecule has 0 aromatic heterocycles. The molecule has 2 aromatic carbocycles. The summed E-state index contributed by atoms with van der Waals surface area (Å²) in [4.78, 5) is 12.1. The van der Waals surface area contributed by atoms with Crippen molar-refractivity contribution >= 4 is 27.3 Å². The van der Waals surface area contributed by atoms with E-state index in [2.05, 4.69) is 5.32 Å². The highest BCUT2D eigenvalue weighted by Gasteiger charge is 2.13. The fourth-order valence-corrected chi connectivity index (χ4v) is 2.75. The summed E-state index contributed by atoms with van der Waals surface area (Å²) in [5.41, 5.74) is 0.843. The van der Waals surface area contributed by atoms with Gasteiger partial charge in [-0.05, 0) is 35.9 Å². The summed E-state index contributed by atoms with van der Waals surface area (Å²) in [7, 11) is -3.38. The van der Waals surface area contributed by atoms with Gasteiger partial charge in [-0.1, -0.05) is 29.8 Å². The molecule has 0 aliphatic rings. The van der Waals surface area contributed by atoms with Gasteiger partial charge in [0.1, 0.15) is 0 Å². The van der Waals surface area contributed by atoms with Crippen LogP contribution in [0.25, 0.3) is 0 Å². The maximum Gasteiger partial charge on any atom is 0.251 e. The second-order valence-corrected chi connectivity index (χ2v) is 7.53. The maximum atomic E-state index is 12.1. The molecule has 0 aliphatic carbocycles. The van der Waals surface area contributed by atoms with Gasteiger partial charge in [0, 0.05) is 23.4 Å². The number of hydrogen-bond donors (Lipinski definition) is 2. The molecule has 122 valence electrons. The Morgan fingerprint density at radius 1 is 1.22 bits per heavy atom. The van der Waals surface area contributed by atoms with E-state index in [1.54, 1.807) is 24.3 Å². The summed E-state index contributed by atoms with van der Waals surface area (Å²) in [6, 6.07) is 12.4. The number of aliphatic hydroxyl groups is 1. The number of aliphatic hydroxyl groups excluding tert-OH is 1. The number of amides is 1. The molecule has 0 spiro atoms. The Balaban J connectivity index is 2.03. The molecule has 0 heterocycles. The molecule has 0 bridgehead atoms. The van der Waals surface area contributed by atoms with E-state index in [1.807, 2.05) is 0 Å². The van der Waals surface area contributed by atoms with Gasteiger partial charge in [0.15, 0.2) is 9.84 Å². The first-order chi connectivity index (χ1) is 10.8. The zero-order valence-corrected chi connectivity index (χ0v) is 13.9. The molecule has 2 aromatic rings. The highest BCUT2D eigenvalue weighted by Crippen LogP contribution is 2.16. The molecule has 0 saturated heterocycles. The summed E-state index contributed by atoms with van der Waals surface area (Å²) in [5.74, 6) is -0.455. The predicted molar refractivity (Wildman–Crippen MR) is 88.3 cm³/mol. The van der Waals surface area contributed by atoms with Gasteiger partial charge in [-0.2, -0.15) is 0 Å². The largest absolute Gasteiger partial charge is 0.387 e. The third-order valence-corrected chi connectivity index (χ3v) is 4.60. The van der Waals surface area contributed by atoms with Crippen molar-refractivity contribution in [3.05, 3.63) is 64.7 Å². The topological polar surface area (TPSA) is 83.5 Å². The van der Waals surface area contributed by atoms with Crippen LogP contribution in [0, 0.1) is 0 Å². The Bertz CT molecular complexity index is 803. The molecule has 23 heavy (non-hydrogen) atoms. The normalized spacial score (nSPS) is 12.7. The van der Waals surface area contributed by atoms with Crippen molar-refractivity contribution in [3.63, 3.8) is 0 Å². The van der Waals surface area contributed by atoms with Crippen LogP contribution in [0.4, 0.5) is 0 Å². The van der Waals surface area contributed by atoms with Crippen LogP contribution in [-0.2, 0) is 9.84 Å². The molecule has 0 radical (unpaired) electrons. The molecule has 7 heteroatoms. The lowest BCUT2D eigenvalue weighted by atomic mass is 10.1. The van der Waals surface area contributed by atoms with Gasteiger partial charge < -0.3 is 10.4 Å². The Morgan fingerprint density at radius 2 is 1.87 bits per heavy atom. The quantitative estimate of drug-likeness (QED) is 0.863. The van der Waals surface area contributed by atoms with Crippen molar-refractivity contribution in [1.29, 1.82) is 0 Å². The number of halogens is 1. The lowest BCUT2D eigenvalue weighted by molar-refractivity contribution is 0.0916. The maximum absolute atomic E-state index is 12.1. The first-order valence-electron chi connectivity index (χ1n) is 6.79. The number of carbonyl (C=O) groups is 1. The van der Waals surface area contributed by atoms with Crippen molar-refractivity contribution in [3.8, 4) is 0 Å². The summed E-state index contributed by atoms with van der Waals surface area (Å²) in [5, 5.41) is 13.2. The number of nitrogens with one attached hydrogen (secondary N) is 1. The average Bonchev–Trinajstić information content (AvgIpc) is 2.52. The van der Waals surface area contributed by atoms with Crippen LogP contribution < -0.4 is 5.32 Å². The zero-order valence-electron chi connectivity index (χ0n) is 12.4. The number of carbonyl (C=O) groups excluding carboxylic acids is 1. The summed E-state index contributed by atoms with van der Waals surface area (Å²) in [6.45, 7) is 0.00354. The highest BCUT2D eigenvalue weighted by atomic mass is 35.5. The number of sulfone groups is 1. The second kappa shape index (κ2) is 7.12. The Labute approximate surface area is 139 Å². The van der Waals surface area contributed by atoms with E-state index in [1.165, 1.54) is 24.3 Å². The van der Waals surface area contributed by atoms with Gasteiger partial charge >= 0.3 is 0 Å². The minimum atomic E-state index is -3.38. The van der Waals surface area contributed by atoms with E-state index >= 15 is 0 Å².